The molecule has 1 saturated heterocycles. The molecule has 2 aromatic heterocycles. The highest BCUT2D eigenvalue weighted by Gasteiger charge is 2.27. The molecule has 6 nitrogen and oxygen atoms in total. The maximum Gasteiger partial charge on any atom is 0.229 e. The number of hydrogen-bond donors (Lipinski definition) is 2. The zero-order valence-electron chi connectivity index (χ0n) is 15.1. The molecule has 1 aliphatic heterocycles. The Morgan fingerprint density at radius 3 is 2.81 bits per heavy atom. The minimum absolute atomic E-state index is 0.0602. The first kappa shape index (κ1) is 16.6. The van der Waals surface area contributed by atoms with Gasteiger partial charge in [0.25, 0.3) is 0 Å². The maximum absolute atomic E-state index is 12.8. The topological polar surface area (TPSA) is 73.9 Å². The van der Waals surface area contributed by atoms with Crippen LogP contribution in [0.25, 0.3) is 10.9 Å². The predicted molar refractivity (Wildman–Crippen MR) is 103 cm³/mol. The number of benzene rings is 1. The van der Waals surface area contributed by atoms with Gasteiger partial charge < -0.3 is 15.2 Å². The minimum atomic E-state index is -0.0625. The number of carbonyl (C=O) groups is 1. The van der Waals surface area contributed by atoms with Crippen molar-refractivity contribution in [2.45, 2.75) is 26.7 Å². The first-order valence-corrected chi connectivity index (χ1v) is 9.04. The first-order valence-electron chi connectivity index (χ1n) is 9.04. The molecule has 4 rings (SSSR count). The number of aryl methyl sites for hydroxylation is 2. The van der Waals surface area contributed by atoms with E-state index in [1.807, 2.05) is 50.4 Å². The van der Waals surface area contributed by atoms with Gasteiger partial charge in [0.05, 0.1) is 5.92 Å². The Hall–Kier alpha value is -2.89. The average Bonchev–Trinajstić information content (AvgIpc) is 3.09. The number of nitrogens with zero attached hydrogens (tertiary/aromatic N) is 3. The van der Waals surface area contributed by atoms with E-state index in [2.05, 4.69) is 25.2 Å². The molecular formula is C20H23N5O. The summed E-state index contributed by atoms with van der Waals surface area (Å²) < 4.78 is 0. The van der Waals surface area contributed by atoms with Gasteiger partial charge in [-0.3, -0.25) is 4.79 Å². The van der Waals surface area contributed by atoms with Crippen LogP contribution in [0.4, 0.5) is 11.6 Å². The van der Waals surface area contributed by atoms with Gasteiger partial charge in [-0.05, 0) is 56.3 Å². The van der Waals surface area contributed by atoms with E-state index in [-0.39, 0.29) is 11.8 Å². The van der Waals surface area contributed by atoms with Gasteiger partial charge in [0.15, 0.2) is 0 Å². The molecule has 0 aliphatic carbocycles. The molecule has 6 heteroatoms. The molecule has 26 heavy (non-hydrogen) atoms. The van der Waals surface area contributed by atoms with E-state index in [4.69, 9.17) is 0 Å². The third-order valence-electron chi connectivity index (χ3n) is 4.87. The Balaban J connectivity index is 1.47. The van der Waals surface area contributed by atoms with Crippen LogP contribution >= 0.6 is 0 Å². The molecule has 0 saturated carbocycles. The Kier molecular flexibility index (Phi) is 4.32. The van der Waals surface area contributed by atoms with Crippen molar-refractivity contribution < 1.29 is 4.79 Å². The van der Waals surface area contributed by atoms with Crippen LogP contribution in [0.2, 0.25) is 0 Å². The van der Waals surface area contributed by atoms with Gasteiger partial charge in [-0.2, -0.15) is 0 Å². The molecule has 3 heterocycles. The summed E-state index contributed by atoms with van der Waals surface area (Å²) >= 11 is 0. The molecule has 1 amide bonds. The van der Waals surface area contributed by atoms with Crippen molar-refractivity contribution in [3.8, 4) is 0 Å². The van der Waals surface area contributed by atoms with Crippen molar-refractivity contribution in [1.82, 2.24) is 15.0 Å². The van der Waals surface area contributed by atoms with Crippen LogP contribution in [-0.4, -0.2) is 33.9 Å². The van der Waals surface area contributed by atoms with Crippen molar-refractivity contribution in [3.63, 3.8) is 0 Å². The number of rotatable bonds is 3. The highest BCUT2D eigenvalue weighted by Crippen LogP contribution is 2.23. The lowest BCUT2D eigenvalue weighted by Crippen LogP contribution is -2.41. The van der Waals surface area contributed by atoms with Gasteiger partial charge in [0.2, 0.25) is 11.9 Å². The molecule has 1 aliphatic rings. The number of aromatic nitrogens is 3. The molecule has 2 N–H and O–H groups in total. The van der Waals surface area contributed by atoms with Crippen molar-refractivity contribution in [1.29, 1.82) is 0 Å². The van der Waals surface area contributed by atoms with E-state index in [0.29, 0.717) is 6.54 Å². The number of hydrogen-bond acceptors (Lipinski definition) is 4. The van der Waals surface area contributed by atoms with Crippen molar-refractivity contribution in [2.24, 2.45) is 5.92 Å². The van der Waals surface area contributed by atoms with Crippen LogP contribution in [0, 0.1) is 19.8 Å². The van der Waals surface area contributed by atoms with Gasteiger partial charge >= 0.3 is 0 Å². The zero-order valence-corrected chi connectivity index (χ0v) is 15.1. The number of piperidine rings is 1. The molecule has 0 spiro atoms. The lowest BCUT2D eigenvalue weighted by atomic mass is 9.97. The first-order chi connectivity index (χ1) is 12.6. The predicted octanol–water partition coefficient (Wildman–Crippen LogP) is 3.43. The summed E-state index contributed by atoms with van der Waals surface area (Å²) in [5.41, 5.74) is 3.76. The third kappa shape index (κ3) is 3.40. The largest absolute Gasteiger partial charge is 0.361 e. The molecule has 0 bridgehead atoms. The lowest BCUT2D eigenvalue weighted by Gasteiger charge is -2.32. The quantitative estimate of drug-likeness (QED) is 0.760. The smallest absolute Gasteiger partial charge is 0.229 e. The Morgan fingerprint density at radius 1 is 1.19 bits per heavy atom. The summed E-state index contributed by atoms with van der Waals surface area (Å²) in [5.74, 6) is 0.727. The van der Waals surface area contributed by atoms with Crippen LogP contribution in [0.1, 0.15) is 24.2 Å². The number of anilines is 2. The van der Waals surface area contributed by atoms with Gasteiger partial charge in [0, 0.05) is 41.9 Å². The average molecular weight is 349 g/mol. The van der Waals surface area contributed by atoms with Crippen LogP contribution in [-0.2, 0) is 4.79 Å². The van der Waals surface area contributed by atoms with E-state index >= 15 is 0 Å². The molecule has 1 atom stereocenters. The van der Waals surface area contributed by atoms with Gasteiger partial charge in [0.1, 0.15) is 0 Å². The second-order valence-electron chi connectivity index (χ2n) is 7.00. The van der Waals surface area contributed by atoms with E-state index < -0.39 is 0 Å². The number of carbonyl (C=O) groups excluding carboxylic acids is 1. The van der Waals surface area contributed by atoms with Crippen LogP contribution in [0.3, 0.4) is 0 Å². The van der Waals surface area contributed by atoms with E-state index in [0.717, 1.165) is 53.3 Å². The Morgan fingerprint density at radius 2 is 2.00 bits per heavy atom. The lowest BCUT2D eigenvalue weighted by molar-refractivity contribution is -0.120. The number of nitrogens with one attached hydrogen (secondary N) is 2. The van der Waals surface area contributed by atoms with Crippen molar-refractivity contribution in [3.05, 3.63) is 47.9 Å². The second-order valence-corrected chi connectivity index (χ2v) is 7.00. The highest BCUT2D eigenvalue weighted by molar-refractivity contribution is 5.95. The maximum atomic E-state index is 12.8. The molecule has 3 aromatic rings. The van der Waals surface area contributed by atoms with Gasteiger partial charge in [-0.25, -0.2) is 9.97 Å². The number of fused-ring (bicyclic) bond motifs is 1. The van der Waals surface area contributed by atoms with Crippen LogP contribution in [0.5, 0.6) is 0 Å². The van der Waals surface area contributed by atoms with Crippen molar-refractivity contribution in [2.75, 3.05) is 23.3 Å². The monoisotopic (exact) mass is 349 g/mol. The normalized spacial score (nSPS) is 17.5. The summed E-state index contributed by atoms with van der Waals surface area (Å²) in [7, 11) is 0. The SMILES string of the molecule is Cc1cc(C)nc(N2CCCC(C(=O)Nc3ccc4cc[nH]c4c3)C2)n1. The van der Waals surface area contributed by atoms with E-state index in [9.17, 15) is 4.79 Å². The van der Waals surface area contributed by atoms with E-state index in [1.165, 1.54) is 0 Å². The molecule has 1 fully saturated rings. The fraction of sp³-hybridized carbons (Fsp3) is 0.350. The number of aromatic amines is 1. The summed E-state index contributed by atoms with van der Waals surface area (Å²) in [5, 5.41) is 4.20. The van der Waals surface area contributed by atoms with Gasteiger partial charge in [-0.15, -0.1) is 0 Å². The summed E-state index contributed by atoms with van der Waals surface area (Å²) in [6.07, 6.45) is 3.75. The molecular weight excluding hydrogens is 326 g/mol. The Labute approximate surface area is 152 Å². The van der Waals surface area contributed by atoms with Gasteiger partial charge in [-0.1, -0.05) is 6.07 Å². The highest BCUT2D eigenvalue weighted by atomic mass is 16.1. The molecule has 0 radical (unpaired) electrons. The Bertz CT molecular complexity index is 928. The number of amides is 1. The standard InChI is InChI=1S/C20H23N5O/c1-13-10-14(2)23-20(22-13)25-9-3-4-16(12-25)19(26)24-17-6-5-15-7-8-21-18(15)11-17/h5-8,10-11,16,21H,3-4,9,12H2,1-2H3,(H,24,26). The summed E-state index contributed by atoms with van der Waals surface area (Å²) in [6.45, 7) is 5.49. The number of H-pyrrole nitrogens is 1. The fourth-order valence-corrected chi connectivity index (χ4v) is 3.59. The van der Waals surface area contributed by atoms with Crippen LogP contribution < -0.4 is 10.2 Å². The molecule has 134 valence electrons. The second kappa shape index (κ2) is 6.78. The molecule has 1 aromatic carbocycles. The zero-order chi connectivity index (χ0) is 18.1. The minimum Gasteiger partial charge on any atom is -0.361 e. The summed E-state index contributed by atoms with van der Waals surface area (Å²) in [6, 6.07) is 9.92. The molecule has 1 unspecified atom stereocenters. The van der Waals surface area contributed by atoms with Crippen LogP contribution in [0.15, 0.2) is 36.5 Å². The van der Waals surface area contributed by atoms with Crippen molar-refractivity contribution >= 4 is 28.4 Å². The third-order valence-corrected chi connectivity index (χ3v) is 4.87. The van der Waals surface area contributed by atoms with E-state index in [1.54, 1.807) is 0 Å². The fourth-order valence-electron chi connectivity index (χ4n) is 3.59. The summed E-state index contributed by atoms with van der Waals surface area (Å²) in [4.78, 5) is 27.2.